The zero-order chi connectivity index (χ0) is 21.9. The first kappa shape index (κ1) is 21.6. The van der Waals surface area contributed by atoms with Crippen molar-refractivity contribution in [2.24, 2.45) is 0 Å². The maximum atomic E-state index is 13.9. The smallest absolute Gasteiger partial charge is 0.344 e. The molecule has 1 aliphatic heterocycles. The van der Waals surface area contributed by atoms with E-state index in [1.807, 2.05) is 0 Å². The monoisotopic (exact) mass is 478 g/mol. The van der Waals surface area contributed by atoms with E-state index in [0.29, 0.717) is 21.5 Å². The van der Waals surface area contributed by atoms with Crippen molar-refractivity contribution in [1.29, 1.82) is 0 Å². The molecule has 0 aliphatic carbocycles. The molecule has 0 spiro atoms. The lowest BCUT2D eigenvalue weighted by atomic mass is 9.88. The first-order valence-electron chi connectivity index (χ1n) is 9.22. The number of para-hydroxylation sites is 1. The van der Waals surface area contributed by atoms with Crippen LogP contribution in [0.1, 0.15) is 25.3 Å². The Morgan fingerprint density at radius 1 is 1.27 bits per heavy atom. The SMILES string of the molecule is CCC1(CCc2ccccc2O)NC(=O)N(NC(=O)Nc2ccc(Br)cc2F)C1=O. The molecule has 0 radical (unpaired) electrons. The fourth-order valence-electron chi connectivity index (χ4n) is 3.22. The van der Waals surface area contributed by atoms with Gasteiger partial charge in [0, 0.05) is 4.47 Å². The van der Waals surface area contributed by atoms with Crippen LogP contribution in [0.4, 0.5) is 19.7 Å². The number of anilines is 1. The average molecular weight is 479 g/mol. The van der Waals surface area contributed by atoms with Gasteiger partial charge in [-0.2, -0.15) is 5.01 Å². The lowest BCUT2D eigenvalue weighted by Gasteiger charge is -2.25. The van der Waals surface area contributed by atoms with E-state index in [4.69, 9.17) is 0 Å². The minimum Gasteiger partial charge on any atom is -0.508 e. The normalized spacial score (nSPS) is 18.3. The van der Waals surface area contributed by atoms with Crippen LogP contribution in [0.3, 0.4) is 0 Å². The molecule has 0 aromatic heterocycles. The van der Waals surface area contributed by atoms with E-state index in [9.17, 15) is 23.9 Å². The number of phenolic OH excluding ortho intramolecular Hbond substituents is 1. The minimum absolute atomic E-state index is 0.103. The van der Waals surface area contributed by atoms with Crippen LogP contribution < -0.4 is 16.1 Å². The molecular weight excluding hydrogens is 459 g/mol. The third kappa shape index (κ3) is 4.38. The van der Waals surface area contributed by atoms with Crippen molar-refractivity contribution in [2.75, 3.05) is 5.32 Å². The third-order valence-electron chi connectivity index (χ3n) is 4.97. The van der Waals surface area contributed by atoms with E-state index in [1.54, 1.807) is 31.2 Å². The van der Waals surface area contributed by atoms with E-state index in [-0.39, 0.29) is 24.3 Å². The number of benzene rings is 2. The van der Waals surface area contributed by atoms with Crippen molar-refractivity contribution in [3.8, 4) is 5.75 Å². The largest absolute Gasteiger partial charge is 0.508 e. The highest BCUT2D eigenvalue weighted by atomic mass is 79.9. The van der Waals surface area contributed by atoms with Crippen LogP contribution in [-0.2, 0) is 11.2 Å². The van der Waals surface area contributed by atoms with E-state index >= 15 is 0 Å². The Balaban J connectivity index is 1.69. The Morgan fingerprint density at radius 2 is 2.00 bits per heavy atom. The van der Waals surface area contributed by atoms with Gasteiger partial charge in [-0.3, -0.25) is 4.79 Å². The van der Waals surface area contributed by atoms with Crippen LogP contribution in [0.2, 0.25) is 0 Å². The Kier molecular flexibility index (Phi) is 6.25. The number of carbonyl (C=O) groups excluding carboxylic acids is 3. The van der Waals surface area contributed by atoms with Gasteiger partial charge in [-0.1, -0.05) is 41.1 Å². The molecule has 1 atom stereocenters. The van der Waals surface area contributed by atoms with Crippen LogP contribution in [0.15, 0.2) is 46.9 Å². The summed E-state index contributed by atoms with van der Waals surface area (Å²) < 4.78 is 14.4. The van der Waals surface area contributed by atoms with E-state index < -0.39 is 29.3 Å². The number of phenols is 1. The molecule has 1 saturated heterocycles. The molecule has 2 aromatic rings. The molecular formula is C20H20BrFN4O4. The molecule has 5 amide bonds. The van der Waals surface area contributed by atoms with Crippen molar-refractivity contribution in [2.45, 2.75) is 31.7 Å². The Hall–Kier alpha value is -3.14. The quantitative estimate of drug-likeness (QED) is 0.474. The number of hydrogen-bond acceptors (Lipinski definition) is 4. The van der Waals surface area contributed by atoms with Gasteiger partial charge in [0.15, 0.2) is 0 Å². The number of hydrazine groups is 1. The fourth-order valence-corrected chi connectivity index (χ4v) is 3.55. The highest BCUT2D eigenvalue weighted by Gasteiger charge is 2.50. The standard InChI is InChI=1S/C20H20BrFN4O4/c1-2-20(10-9-12-5-3-4-6-16(12)27)17(28)26(19(30)24-20)25-18(29)23-15-8-7-13(21)11-14(15)22/h3-8,11,27H,2,9-10H2,1H3,(H,24,30)(H2,23,25,29). The molecule has 3 rings (SSSR count). The van der Waals surface area contributed by atoms with Gasteiger partial charge in [-0.25, -0.2) is 19.4 Å². The van der Waals surface area contributed by atoms with Crippen LogP contribution in [-0.4, -0.2) is 33.6 Å². The highest BCUT2D eigenvalue weighted by Crippen LogP contribution is 2.28. The van der Waals surface area contributed by atoms with Gasteiger partial charge in [0.2, 0.25) is 0 Å². The highest BCUT2D eigenvalue weighted by molar-refractivity contribution is 9.10. The number of hydrogen-bond donors (Lipinski definition) is 4. The van der Waals surface area contributed by atoms with E-state index in [0.717, 1.165) is 0 Å². The summed E-state index contributed by atoms with van der Waals surface area (Å²) >= 11 is 3.12. The molecule has 8 nitrogen and oxygen atoms in total. The summed E-state index contributed by atoms with van der Waals surface area (Å²) in [5.41, 5.74) is 1.47. The lowest BCUT2D eigenvalue weighted by Crippen LogP contribution is -2.51. The molecule has 0 bridgehead atoms. The van der Waals surface area contributed by atoms with Crippen LogP contribution in [0, 0.1) is 5.82 Å². The zero-order valence-corrected chi connectivity index (χ0v) is 17.6. The molecule has 4 N–H and O–H groups in total. The first-order valence-corrected chi connectivity index (χ1v) is 10.0. The van der Waals surface area contributed by atoms with Crippen LogP contribution >= 0.6 is 15.9 Å². The minimum atomic E-state index is -1.23. The number of carbonyl (C=O) groups is 3. The number of aryl methyl sites for hydroxylation is 1. The molecule has 1 fully saturated rings. The zero-order valence-electron chi connectivity index (χ0n) is 16.0. The predicted molar refractivity (Wildman–Crippen MR) is 111 cm³/mol. The van der Waals surface area contributed by atoms with Gasteiger partial charge in [0.05, 0.1) is 5.69 Å². The number of rotatable bonds is 6. The molecule has 1 unspecified atom stereocenters. The Labute approximate surface area is 180 Å². The molecule has 158 valence electrons. The fraction of sp³-hybridized carbons (Fsp3) is 0.250. The molecule has 30 heavy (non-hydrogen) atoms. The van der Waals surface area contributed by atoms with Gasteiger partial charge >= 0.3 is 12.1 Å². The molecule has 2 aromatic carbocycles. The lowest BCUT2D eigenvalue weighted by molar-refractivity contribution is -0.133. The second kappa shape index (κ2) is 8.70. The number of amides is 5. The van der Waals surface area contributed by atoms with Crippen molar-refractivity contribution in [3.05, 3.63) is 58.3 Å². The number of urea groups is 2. The van der Waals surface area contributed by atoms with Crippen molar-refractivity contribution >= 4 is 39.6 Å². The summed E-state index contributed by atoms with van der Waals surface area (Å²) in [6.07, 6.45) is 0.857. The second-order valence-corrected chi connectivity index (χ2v) is 7.74. The van der Waals surface area contributed by atoms with Crippen molar-refractivity contribution < 1.29 is 23.9 Å². The maximum absolute atomic E-state index is 13.9. The summed E-state index contributed by atoms with van der Waals surface area (Å²) in [6, 6.07) is 9.06. The average Bonchev–Trinajstić information content (AvgIpc) is 2.94. The molecule has 10 heteroatoms. The van der Waals surface area contributed by atoms with Crippen molar-refractivity contribution in [3.63, 3.8) is 0 Å². The second-order valence-electron chi connectivity index (χ2n) is 6.83. The topological polar surface area (TPSA) is 111 Å². The summed E-state index contributed by atoms with van der Waals surface area (Å²) in [7, 11) is 0. The van der Waals surface area contributed by atoms with Crippen molar-refractivity contribution in [1.82, 2.24) is 15.8 Å². The summed E-state index contributed by atoms with van der Waals surface area (Å²) in [4.78, 5) is 37.5. The number of halogens is 2. The third-order valence-corrected chi connectivity index (χ3v) is 5.46. The van der Waals surface area contributed by atoms with Crippen LogP contribution in [0.5, 0.6) is 5.75 Å². The first-order chi connectivity index (χ1) is 14.3. The molecule has 0 saturated carbocycles. The number of aromatic hydroxyl groups is 1. The van der Waals surface area contributed by atoms with Gasteiger partial charge < -0.3 is 15.7 Å². The summed E-state index contributed by atoms with van der Waals surface area (Å²) in [5.74, 6) is -1.20. The molecule has 1 heterocycles. The molecule has 1 aliphatic rings. The number of nitrogens with zero attached hydrogens (tertiary/aromatic N) is 1. The maximum Gasteiger partial charge on any atom is 0.344 e. The Bertz CT molecular complexity index is 1000. The van der Waals surface area contributed by atoms with Gasteiger partial charge in [0.25, 0.3) is 5.91 Å². The predicted octanol–water partition coefficient (Wildman–Crippen LogP) is 3.66. The van der Waals surface area contributed by atoms with Gasteiger partial charge in [-0.15, -0.1) is 0 Å². The van der Waals surface area contributed by atoms with E-state index in [1.165, 1.54) is 18.2 Å². The number of imide groups is 1. The summed E-state index contributed by atoms with van der Waals surface area (Å²) in [5, 5.41) is 15.4. The van der Waals surface area contributed by atoms with Gasteiger partial charge in [0.1, 0.15) is 17.1 Å². The van der Waals surface area contributed by atoms with Crippen LogP contribution in [0.25, 0.3) is 0 Å². The van der Waals surface area contributed by atoms with E-state index in [2.05, 4.69) is 32.0 Å². The van der Waals surface area contributed by atoms with Gasteiger partial charge in [-0.05, 0) is 49.1 Å². The number of nitrogens with one attached hydrogen (secondary N) is 3. The Morgan fingerprint density at radius 3 is 2.67 bits per heavy atom. The summed E-state index contributed by atoms with van der Waals surface area (Å²) in [6.45, 7) is 1.74.